The number of methoxy groups -OCH3 is 1. The fourth-order valence-electron chi connectivity index (χ4n) is 7.15. The van der Waals surface area contributed by atoms with Crippen molar-refractivity contribution in [1.82, 2.24) is 5.23 Å². The quantitative estimate of drug-likeness (QED) is 0.459. The van der Waals surface area contributed by atoms with Gasteiger partial charge >= 0.3 is 0 Å². The Morgan fingerprint density at radius 3 is 2.05 bits per heavy atom. The van der Waals surface area contributed by atoms with Gasteiger partial charge in [0.15, 0.2) is 5.79 Å². The topological polar surface area (TPSA) is 68.3 Å². The molecule has 3 saturated heterocycles. The van der Waals surface area contributed by atoms with E-state index in [4.69, 9.17) is 14.4 Å². The third-order valence-corrected chi connectivity index (χ3v) is 8.90. The van der Waals surface area contributed by atoms with E-state index >= 15 is 0 Å². The number of para-hydroxylation sites is 1. The Labute approximate surface area is 221 Å². The number of amides is 2. The van der Waals surface area contributed by atoms with Crippen LogP contribution < -0.4 is 4.90 Å². The predicted molar refractivity (Wildman–Crippen MR) is 139 cm³/mol. The number of fused-ring (bicyclic) bond motifs is 3. The van der Waals surface area contributed by atoms with Crippen LogP contribution in [0.15, 0.2) is 91.0 Å². The van der Waals surface area contributed by atoms with Crippen LogP contribution >= 0.6 is 0 Å². The SMILES string of the molecule is CO[C@@]12C[C@H]3C(=O)N(c4ccccc4)C(=O)[C@H]3C[C@@H]1[C@@H](c1ccccc1)C1C[C@@H](c3ccccc3)ON1O2. The number of anilines is 1. The average Bonchev–Trinajstić information content (AvgIpc) is 3.49. The highest BCUT2D eigenvalue weighted by Crippen LogP contribution is 2.59. The number of ether oxygens (including phenoxy) is 1. The first-order valence-electron chi connectivity index (χ1n) is 13.3. The van der Waals surface area contributed by atoms with Crippen LogP contribution in [0, 0.1) is 17.8 Å². The van der Waals surface area contributed by atoms with Crippen LogP contribution in [0.3, 0.4) is 0 Å². The molecule has 7 atom stereocenters. The van der Waals surface area contributed by atoms with Gasteiger partial charge in [-0.2, -0.15) is 0 Å². The third kappa shape index (κ3) is 3.57. The summed E-state index contributed by atoms with van der Waals surface area (Å²) in [5.74, 6) is -2.48. The number of hydroxylamine groups is 2. The largest absolute Gasteiger partial charge is 0.351 e. The second-order valence-corrected chi connectivity index (χ2v) is 10.7. The summed E-state index contributed by atoms with van der Waals surface area (Å²) in [7, 11) is 1.64. The Balaban J connectivity index is 1.28. The molecule has 1 unspecified atom stereocenters. The summed E-state index contributed by atoms with van der Waals surface area (Å²) >= 11 is 0. The highest BCUT2D eigenvalue weighted by atomic mass is 17.0. The summed E-state index contributed by atoms with van der Waals surface area (Å²) in [4.78, 5) is 41.7. The van der Waals surface area contributed by atoms with Gasteiger partial charge in [0, 0.05) is 31.8 Å². The van der Waals surface area contributed by atoms with Crippen LogP contribution in [0.5, 0.6) is 0 Å². The Morgan fingerprint density at radius 1 is 0.789 bits per heavy atom. The lowest BCUT2D eigenvalue weighted by molar-refractivity contribution is -0.493. The van der Waals surface area contributed by atoms with Crippen LogP contribution in [-0.4, -0.2) is 36.0 Å². The number of hydrogen-bond acceptors (Lipinski definition) is 6. The molecule has 3 aromatic rings. The Morgan fingerprint density at radius 2 is 1.39 bits per heavy atom. The van der Waals surface area contributed by atoms with Crippen LogP contribution in [0.2, 0.25) is 0 Å². The third-order valence-electron chi connectivity index (χ3n) is 8.90. The fourth-order valence-corrected chi connectivity index (χ4v) is 7.15. The Bertz CT molecular complexity index is 1340. The normalized spacial score (nSPS) is 34.6. The number of hydrogen-bond donors (Lipinski definition) is 0. The first-order valence-corrected chi connectivity index (χ1v) is 13.3. The lowest BCUT2D eigenvalue weighted by Crippen LogP contribution is -2.62. The van der Waals surface area contributed by atoms with Crippen molar-refractivity contribution in [1.29, 1.82) is 0 Å². The van der Waals surface area contributed by atoms with E-state index in [0.717, 1.165) is 17.5 Å². The molecule has 0 bridgehead atoms. The maximum absolute atomic E-state index is 13.7. The van der Waals surface area contributed by atoms with E-state index in [1.54, 1.807) is 12.3 Å². The first kappa shape index (κ1) is 23.7. The van der Waals surface area contributed by atoms with Gasteiger partial charge in [0.05, 0.1) is 23.6 Å². The average molecular weight is 511 g/mol. The molecule has 0 radical (unpaired) electrons. The number of nitrogens with zero attached hydrogens (tertiary/aromatic N) is 2. The summed E-state index contributed by atoms with van der Waals surface area (Å²) in [5, 5.41) is 1.63. The molecule has 0 aromatic heterocycles. The van der Waals surface area contributed by atoms with E-state index in [2.05, 4.69) is 24.3 Å². The lowest BCUT2D eigenvalue weighted by Gasteiger charge is -2.54. The molecule has 4 aliphatic rings. The minimum Gasteiger partial charge on any atom is -0.351 e. The fraction of sp³-hybridized carbons (Fsp3) is 0.355. The van der Waals surface area contributed by atoms with Crippen LogP contribution in [0.25, 0.3) is 0 Å². The number of rotatable bonds is 4. The molecule has 7 rings (SSSR count). The zero-order chi connectivity index (χ0) is 25.9. The second kappa shape index (κ2) is 9.13. The monoisotopic (exact) mass is 510 g/mol. The van der Waals surface area contributed by atoms with E-state index in [1.165, 1.54) is 4.90 Å². The Hall–Kier alpha value is -3.36. The number of carbonyl (C=O) groups is 2. The van der Waals surface area contributed by atoms with Crippen molar-refractivity contribution in [3.8, 4) is 0 Å². The van der Waals surface area contributed by atoms with E-state index in [9.17, 15) is 9.59 Å². The van der Waals surface area contributed by atoms with E-state index in [0.29, 0.717) is 18.5 Å². The summed E-state index contributed by atoms with van der Waals surface area (Å²) < 4.78 is 6.19. The molecule has 38 heavy (non-hydrogen) atoms. The molecular formula is C31H30N2O5. The zero-order valence-electron chi connectivity index (χ0n) is 21.2. The van der Waals surface area contributed by atoms with Gasteiger partial charge in [-0.05, 0) is 29.7 Å². The molecule has 4 fully saturated rings. The van der Waals surface area contributed by atoms with Crippen molar-refractivity contribution in [2.75, 3.05) is 12.0 Å². The van der Waals surface area contributed by atoms with Gasteiger partial charge < -0.3 is 4.74 Å². The van der Waals surface area contributed by atoms with Crippen LogP contribution in [0.1, 0.15) is 42.4 Å². The molecule has 0 spiro atoms. The molecule has 3 heterocycles. The highest BCUT2D eigenvalue weighted by Gasteiger charge is 2.66. The van der Waals surface area contributed by atoms with Gasteiger partial charge in [-0.25, -0.2) is 4.84 Å². The number of benzene rings is 3. The maximum Gasteiger partial charge on any atom is 0.237 e. The minimum absolute atomic E-state index is 0.00626. The second-order valence-electron chi connectivity index (χ2n) is 10.7. The Kier molecular flexibility index (Phi) is 5.70. The van der Waals surface area contributed by atoms with Crippen LogP contribution in [0.4, 0.5) is 5.69 Å². The molecule has 2 amide bonds. The van der Waals surface area contributed by atoms with Crippen molar-refractivity contribution in [3.05, 3.63) is 102 Å². The maximum atomic E-state index is 13.7. The van der Waals surface area contributed by atoms with E-state index in [-0.39, 0.29) is 35.8 Å². The summed E-state index contributed by atoms with van der Waals surface area (Å²) in [6.45, 7) is 0. The van der Waals surface area contributed by atoms with E-state index in [1.807, 2.05) is 66.7 Å². The van der Waals surface area contributed by atoms with Crippen molar-refractivity contribution in [3.63, 3.8) is 0 Å². The summed E-state index contributed by atoms with van der Waals surface area (Å²) in [5.41, 5.74) is 2.86. The van der Waals surface area contributed by atoms with Crippen molar-refractivity contribution in [2.45, 2.75) is 43.1 Å². The van der Waals surface area contributed by atoms with Gasteiger partial charge in [-0.3, -0.25) is 19.3 Å². The van der Waals surface area contributed by atoms with Gasteiger partial charge in [0.25, 0.3) is 0 Å². The standard InChI is InChI=1S/C31H30N2O5/c1-36-31-19-24-23(29(34)32(30(24)35)22-15-9-4-10-16-22)17-25(31)28(21-13-7-3-8-14-21)26-18-27(37-33(26)38-31)20-11-5-2-6-12-20/h2-16,23-28H,17-19H2,1H3/t23-,24+,25+,26?,27-,28+,31+/m0/s1. The van der Waals surface area contributed by atoms with Gasteiger partial charge in [0.2, 0.25) is 11.8 Å². The summed E-state index contributed by atoms with van der Waals surface area (Å²) in [6, 6.07) is 29.6. The predicted octanol–water partition coefficient (Wildman–Crippen LogP) is 5.02. The first-order chi connectivity index (χ1) is 18.6. The van der Waals surface area contributed by atoms with Crippen molar-refractivity contribution in [2.24, 2.45) is 17.8 Å². The molecular weight excluding hydrogens is 480 g/mol. The number of imide groups is 1. The molecule has 3 aliphatic heterocycles. The zero-order valence-corrected chi connectivity index (χ0v) is 21.2. The smallest absolute Gasteiger partial charge is 0.237 e. The molecule has 3 aromatic carbocycles. The number of carbonyl (C=O) groups excluding carboxylic acids is 2. The molecule has 1 aliphatic carbocycles. The van der Waals surface area contributed by atoms with Crippen LogP contribution in [-0.2, 0) is 24.0 Å². The molecule has 7 heteroatoms. The molecule has 0 N–H and O–H groups in total. The van der Waals surface area contributed by atoms with E-state index < -0.39 is 17.6 Å². The van der Waals surface area contributed by atoms with Gasteiger partial charge in [-0.1, -0.05) is 84.1 Å². The molecule has 7 nitrogen and oxygen atoms in total. The lowest BCUT2D eigenvalue weighted by atomic mass is 9.63. The minimum atomic E-state index is -1.09. The highest BCUT2D eigenvalue weighted by molar-refractivity contribution is 6.22. The molecule has 194 valence electrons. The van der Waals surface area contributed by atoms with Gasteiger partial charge in [-0.15, -0.1) is 0 Å². The van der Waals surface area contributed by atoms with Gasteiger partial charge in [0.1, 0.15) is 6.10 Å². The molecule has 1 saturated carbocycles. The summed E-state index contributed by atoms with van der Waals surface area (Å²) in [6.07, 6.45) is 1.39. The van der Waals surface area contributed by atoms with Crippen molar-refractivity contribution >= 4 is 17.5 Å². The van der Waals surface area contributed by atoms with Crippen molar-refractivity contribution < 1.29 is 24.0 Å².